The standard InChI is InChI=1S/C14H18ClNO2/c1-10-13(5-6-18-10)9-16-14(17)12-4-2-3-11(7-12)8-15/h2-4,7,10,13H,5-6,8-9H2,1H3,(H,16,17). The van der Waals surface area contributed by atoms with Crippen LogP contribution in [-0.2, 0) is 10.6 Å². The number of ether oxygens (including phenoxy) is 1. The van der Waals surface area contributed by atoms with Gasteiger partial charge in [0.1, 0.15) is 0 Å². The minimum Gasteiger partial charge on any atom is -0.378 e. The molecule has 98 valence electrons. The van der Waals surface area contributed by atoms with Crippen LogP contribution >= 0.6 is 11.6 Å². The van der Waals surface area contributed by atoms with E-state index in [9.17, 15) is 4.79 Å². The summed E-state index contributed by atoms with van der Waals surface area (Å²) in [5.74, 6) is 0.806. The molecule has 18 heavy (non-hydrogen) atoms. The molecule has 1 saturated heterocycles. The SMILES string of the molecule is CC1OCCC1CNC(=O)c1cccc(CCl)c1. The Morgan fingerprint density at radius 3 is 3.06 bits per heavy atom. The Balaban J connectivity index is 1.90. The van der Waals surface area contributed by atoms with Gasteiger partial charge in [-0.25, -0.2) is 0 Å². The zero-order valence-corrected chi connectivity index (χ0v) is 11.2. The summed E-state index contributed by atoms with van der Waals surface area (Å²) in [6, 6.07) is 7.40. The maximum Gasteiger partial charge on any atom is 0.251 e. The highest BCUT2D eigenvalue weighted by atomic mass is 35.5. The zero-order valence-electron chi connectivity index (χ0n) is 10.5. The summed E-state index contributed by atoms with van der Waals surface area (Å²) in [5.41, 5.74) is 1.63. The lowest BCUT2D eigenvalue weighted by molar-refractivity contribution is 0.0907. The molecule has 3 nitrogen and oxygen atoms in total. The van der Waals surface area contributed by atoms with E-state index in [0.29, 0.717) is 23.9 Å². The van der Waals surface area contributed by atoms with E-state index in [2.05, 4.69) is 12.2 Å². The molecule has 1 fully saturated rings. The molecule has 2 unspecified atom stereocenters. The highest BCUT2D eigenvalue weighted by Gasteiger charge is 2.24. The van der Waals surface area contributed by atoms with E-state index < -0.39 is 0 Å². The molecule has 0 aromatic heterocycles. The minimum atomic E-state index is -0.0407. The molecule has 0 aliphatic carbocycles. The Kier molecular flexibility index (Phi) is 4.61. The first kappa shape index (κ1) is 13.4. The molecule has 0 bridgehead atoms. The second kappa shape index (κ2) is 6.21. The lowest BCUT2D eigenvalue weighted by atomic mass is 10.0. The van der Waals surface area contributed by atoms with Gasteiger partial charge in [0.15, 0.2) is 0 Å². The van der Waals surface area contributed by atoms with Gasteiger partial charge in [-0.3, -0.25) is 4.79 Å². The largest absolute Gasteiger partial charge is 0.378 e. The van der Waals surface area contributed by atoms with Gasteiger partial charge in [0, 0.05) is 30.5 Å². The number of halogens is 1. The molecule has 1 aromatic carbocycles. The van der Waals surface area contributed by atoms with Gasteiger partial charge in [0.2, 0.25) is 0 Å². The van der Waals surface area contributed by atoms with Crippen LogP contribution in [0.4, 0.5) is 0 Å². The van der Waals surface area contributed by atoms with Crippen LogP contribution in [0, 0.1) is 5.92 Å². The normalized spacial score (nSPS) is 23.0. The Morgan fingerprint density at radius 2 is 2.39 bits per heavy atom. The maximum atomic E-state index is 12.0. The summed E-state index contributed by atoms with van der Waals surface area (Å²) in [6.07, 6.45) is 1.25. The van der Waals surface area contributed by atoms with Crippen LogP contribution in [0.5, 0.6) is 0 Å². The number of carbonyl (C=O) groups excluding carboxylic acids is 1. The minimum absolute atomic E-state index is 0.0407. The lowest BCUT2D eigenvalue weighted by Gasteiger charge is -2.14. The number of rotatable bonds is 4. The van der Waals surface area contributed by atoms with E-state index >= 15 is 0 Å². The Hall–Kier alpha value is -1.06. The van der Waals surface area contributed by atoms with Gasteiger partial charge in [0.05, 0.1) is 6.10 Å². The van der Waals surface area contributed by atoms with Crippen molar-refractivity contribution in [3.8, 4) is 0 Å². The number of benzene rings is 1. The molecule has 0 radical (unpaired) electrons. The van der Waals surface area contributed by atoms with Gasteiger partial charge in [-0.2, -0.15) is 0 Å². The molecule has 2 rings (SSSR count). The molecular formula is C14H18ClNO2. The van der Waals surface area contributed by atoms with Crippen molar-refractivity contribution in [3.05, 3.63) is 35.4 Å². The van der Waals surface area contributed by atoms with E-state index in [1.54, 1.807) is 6.07 Å². The zero-order chi connectivity index (χ0) is 13.0. The summed E-state index contributed by atoms with van der Waals surface area (Å²) in [6.45, 7) is 3.52. The Labute approximate surface area is 112 Å². The van der Waals surface area contributed by atoms with Crippen LogP contribution < -0.4 is 5.32 Å². The number of carbonyl (C=O) groups is 1. The number of amides is 1. The molecule has 1 aliphatic rings. The predicted octanol–water partition coefficient (Wildman–Crippen LogP) is 2.58. The summed E-state index contributed by atoms with van der Waals surface area (Å²) >= 11 is 5.76. The second-order valence-corrected chi connectivity index (χ2v) is 4.94. The van der Waals surface area contributed by atoms with Crippen molar-refractivity contribution in [1.29, 1.82) is 0 Å². The van der Waals surface area contributed by atoms with E-state index in [0.717, 1.165) is 18.6 Å². The first-order valence-electron chi connectivity index (χ1n) is 6.25. The summed E-state index contributed by atoms with van der Waals surface area (Å²) in [7, 11) is 0. The number of hydrogen-bond donors (Lipinski definition) is 1. The second-order valence-electron chi connectivity index (χ2n) is 4.67. The van der Waals surface area contributed by atoms with E-state index in [-0.39, 0.29) is 12.0 Å². The van der Waals surface area contributed by atoms with Crippen LogP contribution in [0.1, 0.15) is 29.3 Å². The molecular weight excluding hydrogens is 250 g/mol. The van der Waals surface area contributed by atoms with Crippen LogP contribution in [0.15, 0.2) is 24.3 Å². The number of nitrogens with one attached hydrogen (secondary N) is 1. The van der Waals surface area contributed by atoms with Crippen molar-refractivity contribution in [2.75, 3.05) is 13.2 Å². The average molecular weight is 268 g/mol. The first-order chi connectivity index (χ1) is 8.70. The van der Waals surface area contributed by atoms with Crippen LogP contribution in [0.3, 0.4) is 0 Å². The summed E-state index contributed by atoms with van der Waals surface area (Å²) < 4.78 is 5.47. The van der Waals surface area contributed by atoms with E-state index in [4.69, 9.17) is 16.3 Å². The third-order valence-corrected chi connectivity index (χ3v) is 3.71. The molecule has 1 heterocycles. The quantitative estimate of drug-likeness (QED) is 0.852. The van der Waals surface area contributed by atoms with Crippen molar-refractivity contribution in [2.45, 2.75) is 25.3 Å². The fraction of sp³-hybridized carbons (Fsp3) is 0.500. The van der Waals surface area contributed by atoms with Gasteiger partial charge >= 0.3 is 0 Å². The molecule has 1 N–H and O–H groups in total. The molecule has 2 atom stereocenters. The highest BCUT2D eigenvalue weighted by molar-refractivity contribution is 6.17. The Morgan fingerprint density at radius 1 is 1.56 bits per heavy atom. The lowest BCUT2D eigenvalue weighted by Crippen LogP contribution is -2.31. The average Bonchev–Trinajstić information content (AvgIpc) is 2.81. The molecule has 1 aromatic rings. The van der Waals surface area contributed by atoms with Crippen molar-refractivity contribution >= 4 is 17.5 Å². The topological polar surface area (TPSA) is 38.3 Å². The first-order valence-corrected chi connectivity index (χ1v) is 6.79. The molecule has 0 saturated carbocycles. The molecule has 1 aliphatic heterocycles. The van der Waals surface area contributed by atoms with Crippen molar-refractivity contribution in [1.82, 2.24) is 5.32 Å². The predicted molar refractivity (Wildman–Crippen MR) is 71.9 cm³/mol. The van der Waals surface area contributed by atoms with Gasteiger partial charge < -0.3 is 10.1 Å². The van der Waals surface area contributed by atoms with Crippen molar-refractivity contribution in [3.63, 3.8) is 0 Å². The van der Waals surface area contributed by atoms with Crippen LogP contribution in [0.2, 0.25) is 0 Å². The van der Waals surface area contributed by atoms with Gasteiger partial charge in [-0.05, 0) is 31.0 Å². The summed E-state index contributed by atoms with van der Waals surface area (Å²) in [4.78, 5) is 12.0. The summed E-state index contributed by atoms with van der Waals surface area (Å²) in [5, 5.41) is 2.96. The third kappa shape index (κ3) is 3.24. The number of hydrogen-bond acceptors (Lipinski definition) is 2. The molecule has 1 amide bonds. The van der Waals surface area contributed by atoms with Gasteiger partial charge in [-0.15, -0.1) is 11.6 Å². The van der Waals surface area contributed by atoms with Gasteiger partial charge in [-0.1, -0.05) is 12.1 Å². The fourth-order valence-electron chi connectivity index (χ4n) is 2.17. The van der Waals surface area contributed by atoms with Gasteiger partial charge in [0.25, 0.3) is 5.91 Å². The highest BCUT2D eigenvalue weighted by Crippen LogP contribution is 2.19. The van der Waals surface area contributed by atoms with E-state index in [1.165, 1.54) is 0 Å². The smallest absolute Gasteiger partial charge is 0.251 e. The molecule has 0 spiro atoms. The third-order valence-electron chi connectivity index (χ3n) is 3.40. The molecule has 4 heteroatoms. The van der Waals surface area contributed by atoms with Crippen molar-refractivity contribution in [2.24, 2.45) is 5.92 Å². The van der Waals surface area contributed by atoms with Crippen molar-refractivity contribution < 1.29 is 9.53 Å². The Bertz CT molecular complexity index is 422. The monoisotopic (exact) mass is 267 g/mol. The fourth-order valence-corrected chi connectivity index (χ4v) is 2.33. The number of alkyl halides is 1. The van der Waals surface area contributed by atoms with Crippen LogP contribution in [0.25, 0.3) is 0 Å². The van der Waals surface area contributed by atoms with E-state index in [1.807, 2.05) is 18.2 Å². The van der Waals surface area contributed by atoms with Crippen LogP contribution in [-0.4, -0.2) is 25.2 Å². The maximum absolute atomic E-state index is 12.0.